The van der Waals surface area contributed by atoms with E-state index in [1.807, 2.05) is 0 Å². The summed E-state index contributed by atoms with van der Waals surface area (Å²) >= 11 is 0. The highest BCUT2D eigenvalue weighted by Crippen LogP contribution is 2.19. The van der Waals surface area contributed by atoms with Crippen molar-refractivity contribution in [1.29, 1.82) is 0 Å². The van der Waals surface area contributed by atoms with Crippen LogP contribution in [-0.2, 0) is 4.79 Å². The number of carbonyl (C=O) groups excluding carboxylic acids is 1. The van der Waals surface area contributed by atoms with Crippen molar-refractivity contribution in [2.45, 2.75) is 19.1 Å². The van der Waals surface area contributed by atoms with Crippen LogP contribution in [0, 0.1) is 6.92 Å². The number of hydrogen-bond acceptors (Lipinski definition) is 5. The third-order valence-corrected chi connectivity index (χ3v) is 2.08. The second kappa shape index (κ2) is 4.24. The Morgan fingerprint density at radius 2 is 2.13 bits per heavy atom. The Bertz CT molecular complexity index is 381. The third kappa shape index (κ3) is 2.42. The average Bonchev–Trinajstić information content (AvgIpc) is 2.19. The van der Waals surface area contributed by atoms with Crippen molar-refractivity contribution >= 4 is 11.6 Å². The van der Waals surface area contributed by atoms with Crippen LogP contribution in [0.3, 0.4) is 0 Å². The molecule has 1 aromatic rings. The number of hydrogen-bond donors (Lipinski definition) is 4. The molecule has 0 radical (unpaired) electrons. The predicted octanol–water partition coefficient (Wildman–Crippen LogP) is -1.15. The number of carbonyl (C=O) groups is 1. The van der Waals surface area contributed by atoms with E-state index in [1.54, 1.807) is 6.92 Å². The first-order valence-electron chi connectivity index (χ1n) is 4.31. The van der Waals surface area contributed by atoms with Crippen molar-refractivity contribution in [2.75, 3.05) is 5.73 Å². The fraction of sp³-hybridized carbons (Fsp3) is 0.333. The maximum atomic E-state index is 10.6. The summed E-state index contributed by atoms with van der Waals surface area (Å²) in [6.07, 6.45) is -1.73. The van der Waals surface area contributed by atoms with Crippen LogP contribution in [0.1, 0.15) is 17.4 Å². The van der Waals surface area contributed by atoms with Crippen LogP contribution in [0.4, 0.5) is 5.69 Å². The lowest BCUT2D eigenvalue weighted by Gasteiger charge is -2.15. The van der Waals surface area contributed by atoms with Gasteiger partial charge in [-0.1, -0.05) is 0 Å². The summed E-state index contributed by atoms with van der Waals surface area (Å²) in [4.78, 5) is 14.5. The molecule has 1 amide bonds. The number of rotatable bonds is 3. The van der Waals surface area contributed by atoms with Gasteiger partial charge in [-0.25, -0.2) is 0 Å². The van der Waals surface area contributed by atoms with Gasteiger partial charge in [0.05, 0.1) is 11.4 Å². The van der Waals surface area contributed by atoms with Gasteiger partial charge in [0.1, 0.15) is 6.10 Å². The van der Waals surface area contributed by atoms with E-state index in [1.165, 1.54) is 12.3 Å². The number of primary amides is 1. The van der Waals surface area contributed by atoms with Crippen LogP contribution >= 0.6 is 0 Å². The Balaban J connectivity index is 2.96. The first-order chi connectivity index (χ1) is 6.93. The van der Waals surface area contributed by atoms with Crippen LogP contribution in [0.5, 0.6) is 0 Å². The number of nitrogen functional groups attached to an aromatic ring is 1. The summed E-state index contributed by atoms with van der Waals surface area (Å²) in [5.74, 6) is -0.998. The molecule has 0 saturated carbocycles. The Hall–Kier alpha value is -1.66. The van der Waals surface area contributed by atoms with Gasteiger partial charge in [0.15, 0.2) is 6.10 Å². The van der Waals surface area contributed by atoms with Crippen LogP contribution in [0.2, 0.25) is 0 Å². The first kappa shape index (κ1) is 11.4. The van der Waals surface area contributed by atoms with E-state index in [0.717, 1.165) is 0 Å². The van der Waals surface area contributed by atoms with Gasteiger partial charge in [-0.05, 0) is 13.0 Å². The van der Waals surface area contributed by atoms with E-state index in [9.17, 15) is 15.0 Å². The molecule has 1 rings (SSSR count). The molecule has 0 bridgehead atoms. The van der Waals surface area contributed by atoms with Gasteiger partial charge < -0.3 is 21.7 Å². The Labute approximate surface area is 86.5 Å². The van der Waals surface area contributed by atoms with Gasteiger partial charge in [-0.3, -0.25) is 9.78 Å². The Morgan fingerprint density at radius 3 is 2.60 bits per heavy atom. The Morgan fingerprint density at radius 1 is 1.53 bits per heavy atom. The van der Waals surface area contributed by atoms with E-state index in [4.69, 9.17) is 11.5 Å². The molecule has 0 aromatic carbocycles. The summed E-state index contributed by atoms with van der Waals surface area (Å²) < 4.78 is 0. The highest BCUT2D eigenvalue weighted by Gasteiger charge is 2.23. The lowest BCUT2D eigenvalue weighted by atomic mass is 10.1. The number of aryl methyl sites for hydroxylation is 1. The molecule has 0 aliphatic heterocycles. The number of aliphatic hydroxyl groups is 2. The second-order valence-corrected chi connectivity index (χ2v) is 3.24. The zero-order valence-corrected chi connectivity index (χ0v) is 8.21. The van der Waals surface area contributed by atoms with Crippen molar-refractivity contribution in [2.24, 2.45) is 5.73 Å². The minimum absolute atomic E-state index is 0.254. The predicted molar refractivity (Wildman–Crippen MR) is 53.5 cm³/mol. The van der Waals surface area contributed by atoms with Crippen molar-refractivity contribution in [3.63, 3.8) is 0 Å². The maximum absolute atomic E-state index is 10.6. The number of anilines is 1. The average molecular weight is 211 g/mol. The third-order valence-electron chi connectivity index (χ3n) is 2.08. The van der Waals surface area contributed by atoms with Crippen LogP contribution < -0.4 is 11.5 Å². The number of nitrogens with zero attached hydrogens (tertiary/aromatic N) is 1. The maximum Gasteiger partial charge on any atom is 0.249 e. The van der Waals surface area contributed by atoms with Crippen molar-refractivity contribution in [1.82, 2.24) is 4.98 Å². The standard InChI is InChI=1S/C9H13N3O3/c1-4-6(10)2-5(3-12-4)7(13)8(14)9(11)15/h2-3,7-8,13-14H,10H2,1H3,(H2,11,15). The molecule has 15 heavy (non-hydrogen) atoms. The summed E-state index contributed by atoms with van der Waals surface area (Å²) in [6, 6.07) is 1.44. The summed E-state index contributed by atoms with van der Waals surface area (Å²) in [7, 11) is 0. The fourth-order valence-corrected chi connectivity index (χ4v) is 1.07. The highest BCUT2D eigenvalue weighted by molar-refractivity contribution is 5.79. The van der Waals surface area contributed by atoms with Crippen LogP contribution in [0.15, 0.2) is 12.3 Å². The molecule has 2 unspecified atom stereocenters. The topological polar surface area (TPSA) is 122 Å². The lowest BCUT2D eigenvalue weighted by molar-refractivity contribution is -0.131. The van der Waals surface area contributed by atoms with Gasteiger partial charge in [-0.15, -0.1) is 0 Å². The van der Waals surface area contributed by atoms with Gasteiger partial charge in [0, 0.05) is 11.8 Å². The molecule has 6 heteroatoms. The second-order valence-electron chi connectivity index (χ2n) is 3.24. The zero-order chi connectivity index (χ0) is 11.6. The minimum Gasteiger partial charge on any atom is -0.397 e. The number of aliphatic hydroxyl groups excluding tert-OH is 2. The SMILES string of the molecule is Cc1ncc(C(O)C(O)C(N)=O)cc1N. The first-order valence-corrected chi connectivity index (χ1v) is 4.31. The number of aromatic nitrogens is 1. The van der Waals surface area contributed by atoms with E-state index < -0.39 is 18.1 Å². The van der Waals surface area contributed by atoms with Crippen molar-refractivity contribution in [3.8, 4) is 0 Å². The lowest BCUT2D eigenvalue weighted by Crippen LogP contribution is -2.33. The van der Waals surface area contributed by atoms with Crippen LogP contribution in [0.25, 0.3) is 0 Å². The molecule has 1 aromatic heterocycles. The Kier molecular flexibility index (Phi) is 3.23. The van der Waals surface area contributed by atoms with Crippen LogP contribution in [-0.4, -0.2) is 27.2 Å². The molecule has 2 atom stereocenters. The quantitative estimate of drug-likeness (QED) is 0.503. The molecule has 0 aliphatic rings. The molecule has 0 fully saturated rings. The van der Waals surface area contributed by atoms with Crippen molar-refractivity contribution in [3.05, 3.63) is 23.5 Å². The number of amides is 1. The summed E-state index contributed by atoms with van der Waals surface area (Å²) in [5, 5.41) is 18.7. The molecule has 6 nitrogen and oxygen atoms in total. The number of nitrogens with two attached hydrogens (primary N) is 2. The van der Waals surface area contributed by atoms with E-state index in [0.29, 0.717) is 11.4 Å². The highest BCUT2D eigenvalue weighted by atomic mass is 16.3. The molecular formula is C9H13N3O3. The normalized spacial score (nSPS) is 14.6. The molecule has 0 saturated heterocycles. The molecule has 6 N–H and O–H groups in total. The molecule has 0 aliphatic carbocycles. The smallest absolute Gasteiger partial charge is 0.249 e. The summed E-state index contributed by atoms with van der Waals surface area (Å²) in [6.45, 7) is 1.70. The molecule has 0 spiro atoms. The van der Waals surface area contributed by atoms with E-state index in [-0.39, 0.29) is 5.56 Å². The molecule has 82 valence electrons. The molecule has 1 heterocycles. The van der Waals surface area contributed by atoms with E-state index in [2.05, 4.69) is 4.98 Å². The van der Waals surface area contributed by atoms with Gasteiger partial charge >= 0.3 is 0 Å². The largest absolute Gasteiger partial charge is 0.397 e. The molecular weight excluding hydrogens is 198 g/mol. The fourth-order valence-electron chi connectivity index (χ4n) is 1.07. The monoisotopic (exact) mass is 211 g/mol. The van der Waals surface area contributed by atoms with Gasteiger partial charge in [0.2, 0.25) is 5.91 Å². The van der Waals surface area contributed by atoms with Crippen molar-refractivity contribution < 1.29 is 15.0 Å². The van der Waals surface area contributed by atoms with Gasteiger partial charge in [0.25, 0.3) is 0 Å². The zero-order valence-electron chi connectivity index (χ0n) is 8.21. The van der Waals surface area contributed by atoms with Gasteiger partial charge in [-0.2, -0.15) is 0 Å². The minimum atomic E-state index is -1.66. The number of pyridine rings is 1. The van der Waals surface area contributed by atoms with E-state index >= 15 is 0 Å². The summed E-state index contributed by atoms with van der Waals surface area (Å²) in [5.41, 5.74) is 11.6.